The Morgan fingerprint density at radius 2 is 2.23 bits per heavy atom. The van der Waals surface area contributed by atoms with Crippen LogP contribution in [0.4, 0.5) is 10.5 Å². The van der Waals surface area contributed by atoms with Gasteiger partial charge in [-0.3, -0.25) is 0 Å². The third-order valence-electron chi connectivity index (χ3n) is 4.61. The molecule has 1 aliphatic rings. The maximum Gasteiger partial charge on any atom is 0.319 e. The van der Waals surface area contributed by atoms with Crippen LogP contribution in [0.3, 0.4) is 0 Å². The van der Waals surface area contributed by atoms with Crippen LogP contribution >= 0.6 is 0 Å². The molecule has 0 aliphatic carbocycles. The number of carbonyl (C=O) groups excluding carboxylic acids is 1. The van der Waals surface area contributed by atoms with Crippen molar-refractivity contribution in [1.29, 1.82) is 0 Å². The topological polar surface area (TPSA) is 97.2 Å². The number of amides is 2. The second-order valence-corrected chi connectivity index (χ2v) is 6.73. The Morgan fingerprint density at radius 3 is 3.00 bits per heavy atom. The van der Waals surface area contributed by atoms with Gasteiger partial charge in [0, 0.05) is 31.2 Å². The molecule has 2 aromatic rings. The number of rotatable bonds is 4. The number of nitrogens with zero attached hydrogens (tertiary/aromatic N) is 5. The molecule has 2 heterocycles. The van der Waals surface area contributed by atoms with Gasteiger partial charge in [0.05, 0.1) is 18.9 Å². The summed E-state index contributed by atoms with van der Waals surface area (Å²) >= 11 is 0. The van der Waals surface area contributed by atoms with E-state index in [0.29, 0.717) is 13.2 Å². The summed E-state index contributed by atoms with van der Waals surface area (Å²) in [5.74, 6) is 0.281. The van der Waals surface area contributed by atoms with Crippen LogP contribution in [0.1, 0.15) is 11.1 Å². The predicted octanol–water partition coefficient (Wildman–Crippen LogP) is 0.979. The number of benzene rings is 1. The van der Waals surface area contributed by atoms with E-state index >= 15 is 0 Å². The van der Waals surface area contributed by atoms with E-state index in [-0.39, 0.29) is 11.9 Å². The van der Waals surface area contributed by atoms with E-state index in [1.165, 1.54) is 6.33 Å². The fraction of sp³-hybridized carbons (Fsp3) is 0.529. The molecular weight excluding hydrogens is 334 g/mol. The molecule has 1 saturated heterocycles. The minimum atomic E-state index is -0.228. The minimum absolute atomic E-state index is 0.228. The largest absolute Gasteiger partial charge is 0.380 e. The average molecular weight is 359 g/mol. The van der Waals surface area contributed by atoms with Gasteiger partial charge in [0.15, 0.2) is 0 Å². The number of hydrogen-bond acceptors (Lipinski definition) is 6. The molecule has 1 aromatic carbocycles. The first kappa shape index (κ1) is 18.3. The number of hydrogen-bond donors (Lipinski definition) is 2. The van der Waals surface area contributed by atoms with Gasteiger partial charge in [-0.15, -0.1) is 5.10 Å². The van der Waals surface area contributed by atoms with Crippen molar-refractivity contribution in [1.82, 2.24) is 30.4 Å². The molecule has 1 aliphatic heterocycles. The van der Waals surface area contributed by atoms with Gasteiger partial charge >= 0.3 is 6.03 Å². The van der Waals surface area contributed by atoms with E-state index in [1.54, 1.807) is 4.68 Å². The first-order valence-corrected chi connectivity index (χ1v) is 8.68. The summed E-state index contributed by atoms with van der Waals surface area (Å²) < 4.78 is 7.15. The molecule has 26 heavy (non-hydrogen) atoms. The lowest BCUT2D eigenvalue weighted by Gasteiger charge is -2.20. The van der Waals surface area contributed by atoms with Gasteiger partial charge < -0.3 is 20.3 Å². The van der Waals surface area contributed by atoms with Gasteiger partial charge in [0.1, 0.15) is 6.33 Å². The molecular formula is C17H25N7O2. The van der Waals surface area contributed by atoms with Gasteiger partial charge in [0.2, 0.25) is 0 Å². The molecule has 1 aromatic heterocycles. The second-order valence-electron chi connectivity index (χ2n) is 6.73. The number of aryl methyl sites for hydroxylation is 1. The van der Waals surface area contributed by atoms with E-state index < -0.39 is 0 Å². The zero-order chi connectivity index (χ0) is 18.5. The number of urea groups is 1. The smallest absolute Gasteiger partial charge is 0.319 e. The van der Waals surface area contributed by atoms with Crippen LogP contribution in [0.2, 0.25) is 0 Å². The van der Waals surface area contributed by atoms with Gasteiger partial charge in [-0.2, -0.15) is 0 Å². The average Bonchev–Trinajstić information content (AvgIpc) is 3.06. The molecule has 140 valence electrons. The molecule has 0 saturated carbocycles. The fourth-order valence-corrected chi connectivity index (χ4v) is 2.96. The Morgan fingerprint density at radius 1 is 1.38 bits per heavy atom. The van der Waals surface area contributed by atoms with E-state index in [9.17, 15) is 4.79 Å². The van der Waals surface area contributed by atoms with Crippen LogP contribution < -0.4 is 10.6 Å². The summed E-state index contributed by atoms with van der Waals surface area (Å²) in [6, 6.07) is 3.61. The molecule has 3 rings (SSSR count). The molecule has 9 heteroatoms. The fourth-order valence-electron chi connectivity index (χ4n) is 2.96. The van der Waals surface area contributed by atoms with E-state index in [4.69, 9.17) is 4.74 Å². The van der Waals surface area contributed by atoms with Crippen LogP contribution in [0.15, 0.2) is 18.5 Å². The molecule has 0 unspecified atom stereocenters. The molecule has 1 fully saturated rings. The van der Waals surface area contributed by atoms with Crippen molar-refractivity contribution < 1.29 is 9.53 Å². The monoisotopic (exact) mass is 359 g/mol. The molecule has 0 radical (unpaired) electrons. The van der Waals surface area contributed by atoms with Crippen molar-refractivity contribution in [2.24, 2.45) is 5.92 Å². The number of tetrazole rings is 1. The van der Waals surface area contributed by atoms with E-state index in [1.807, 2.05) is 26.0 Å². The Kier molecular flexibility index (Phi) is 5.79. The zero-order valence-electron chi connectivity index (χ0n) is 15.4. The first-order valence-electron chi connectivity index (χ1n) is 8.68. The minimum Gasteiger partial charge on any atom is -0.380 e. The van der Waals surface area contributed by atoms with Gasteiger partial charge in [0.25, 0.3) is 0 Å². The zero-order valence-corrected chi connectivity index (χ0v) is 15.4. The lowest BCUT2D eigenvalue weighted by molar-refractivity contribution is 0.122. The number of ether oxygens (including phenoxy) is 1. The number of likely N-dealkylation sites (N-methyl/N-ethyl adjacent to an activating group) is 1. The summed E-state index contributed by atoms with van der Waals surface area (Å²) in [4.78, 5) is 14.6. The van der Waals surface area contributed by atoms with Gasteiger partial charge in [-0.25, -0.2) is 9.48 Å². The number of aromatic nitrogens is 4. The van der Waals surface area contributed by atoms with E-state index in [2.05, 4.69) is 38.1 Å². The molecule has 2 N–H and O–H groups in total. The Balaban J connectivity index is 1.63. The summed E-state index contributed by atoms with van der Waals surface area (Å²) in [6.07, 6.45) is 1.52. The lowest BCUT2D eigenvalue weighted by Crippen LogP contribution is -2.38. The maximum absolute atomic E-state index is 12.4. The summed E-state index contributed by atoms with van der Waals surface area (Å²) in [5, 5.41) is 17.1. The SMILES string of the molecule is Cc1cc(-n2cnnn2)cc(NC(=O)NC[C@H]2COCCN(C)C2)c1C. The van der Waals surface area contributed by atoms with Crippen molar-refractivity contribution in [2.75, 3.05) is 45.2 Å². The third kappa shape index (κ3) is 4.55. The third-order valence-corrected chi connectivity index (χ3v) is 4.61. The highest BCUT2D eigenvalue weighted by Gasteiger charge is 2.17. The normalized spacial score (nSPS) is 18.3. The predicted molar refractivity (Wildman–Crippen MR) is 97.5 cm³/mol. The van der Waals surface area contributed by atoms with Crippen LogP contribution in [-0.2, 0) is 4.74 Å². The van der Waals surface area contributed by atoms with Crippen molar-refractivity contribution in [3.8, 4) is 5.69 Å². The number of carbonyl (C=O) groups is 1. The summed E-state index contributed by atoms with van der Waals surface area (Å²) in [5.41, 5.74) is 3.59. The highest BCUT2D eigenvalue weighted by Crippen LogP contribution is 2.23. The second kappa shape index (κ2) is 8.24. The van der Waals surface area contributed by atoms with Crippen LogP contribution in [-0.4, -0.2) is 71.0 Å². The van der Waals surface area contributed by atoms with Crippen LogP contribution in [0, 0.1) is 19.8 Å². The molecule has 0 spiro atoms. The Hall–Kier alpha value is -2.52. The summed E-state index contributed by atoms with van der Waals surface area (Å²) in [7, 11) is 2.07. The molecule has 9 nitrogen and oxygen atoms in total. The highest BCUT2D eigenvalue weighted by atomic mass is 16.5. The Bertz CT molecular complexity index is 748. The quantitative estimate of drug-likeness (QED) is 0.845. The summed E-state index contributed by atoms with van der Waals surface area (Å²) in [6.45, 7) is 7.77. The van der Waals surface area contributed by atoms with Gasteiger partial charge in [-0.1, -0.05) is 0 Å². The maximum atomic E-state index is 12.4. The number of nitrogens with one attached hydrogen (secondary N) is 2. The van der Waals surface area contributed by atoms with Crippen LogP contribution in [0.25, 0.3) is 5.69 Å². The van der Waals surface area contributed by atoms with Crippen molar-refractivity contribution >= 4 is 11.7 Å². The van der Waals surface area contributed by atoms with Crippen LogP contribution in [0.5, 0.6) is 0 Å². The molecule has 0 bridgehead atoms. The number of anilines is 1. The van der Waals surface area contributed by atoms with Crippen molar-refractivity contribution in [2.45, 2.75) is 13.8 Å². The van der Waals surface area contributed by atoms with Crippen molar-refractivity contribution in [3.05, 3.63) is 29.6 Å². The Labute approximate surface area is 152 Å². The lowest BCUT2D eigenvalue weighted by atomic mass is 10.1. The molecule has 1 atom stereocenters. The van der Waals surface area contributed by atoms with Gasteiger partial charge in [-0.05, 0) is 54.6 Å². The highest BCUT2D eigenvalue weighted by molar-refractivity contribution is 5.90. The molecule has 2 amide bonds. The van der Waals surface area contributed by atoms with Crippen molar-refractivity contribution in [3.63, 3.8) is 0 Å². The van der Waals surface area contributed by atoms with E-state index in [0.717, 1.165) is 42.2 Å². The standard InChI is InChI=1S/C17H25N7O2/c1-12-6-15(24-11-19-21-22-24)7-16(13(12)2)20-17(25)18-8-14-9-23(3)4-5-26-10-14/h6-7,11,14H,4-5,8-10H2,1-3H3,(H2,18,20,25)/t14-/m1/s1. The first-order chi connectivity index (χ1) is 12.5.